The molecule has 2 rings (SSSR count). The summed E-state index contributed by atoms with van der Waals surface area (Å²) >= 11 is 3.22. The summed E-state index contributed by atoms with van der Waals surface area (Å²) in [6, 6.07) is 7.35. The maximum atomic E-state index is 13.4. The van der Waals surface area contributed by atoms with E-state index in [0.29, 0.717) is 15.2 Å². The Hall–Kier alpha value is -1.42. The smallest absolute Gasteiger partial charge is 0.336 e. The predicted molar refractivity (Wildman–Crippen MR) is 58.6 cm³/mol. The molecule has 1 N–H and O–H groups in total. The minimum absolute atomic E-state index is 0.0962. The zero-order chi connectivity index (χ0) is 11.0. The molecule has 0 heterocycles. The summed E-state index contributed by atoms with van der Waals surface area (Å²) < 4.78 is 14.0. The first-order valence-electron chi connectivity index (χ1n) is 4.21. The summed E-state index contributed by atoms with van der Waals surface area (Å²) in [6.45, 7) is 0. The molecule has 0 aromatic heterocycles. The van der Waals surface area contributed by atoms with E-state index < -0.39 is 11.8 Å². The molecule has 0 aliphatic carbocycles. The first kappa shape index (κ1) is 10.1. The second-order valence-electron chi connectivity index (χ2n) is 3.06. The summed E-state index contributed by atoms with van der Waals surface area (Å²) in [4.78, 5) is 10.9. The van der Waals surface area contributed by atoms with Crippen LogP contribution in [0.3, 0.4) is 0 Å². The lowest BCUT2D eigenvalue weighted by molar-refractivity contribution is 0.0699. The number of hydrogen-bond acceptors (Lipinski definition) is 1. The van der Waals surface area contributed by atoms with Gasteiger partial charge < -0.3 is 5.11 Å². The molecule has 0 saturated heterocycles. The highest BCUT2D eigenvalue weighted by molar-refractivity contribution is 9.10. The van der Waals surface area contributed by atoms with Crippen molar-refractivity contribution in [1.29, 1.82) is 0 Å². The number of carbonyl (C=O) groups is 1. The van der Waals surface area contributed by atoms with Gasteiger partial charge in [-0.05, 0) is 18.2 Å². The van der Waals surface area contributed by atoms with E-state index in [9.17, 15) is 9.18 Å². The van der Waals surface area contributed by atoms with Gasteiger partial charge in [-0.1, -0.05) is 28.1 Å². The molecule has 0 fully saturated rings. The van der Waals surface area contributed by atoms with E-state index in [4.69, 9.17) is 5.11 Å². The van der Waals surface area contributed by atoms with Crippen molar-refractivity contribution in [2.24, 2.45) is 0 Å². The lowest BCUT2D eigenvalue weighted by Gasteiger charge is -2.05. The standard InChI is InChI=1S/C11H6BrFO2/c12-8-3-1-2-6-9(13)5-4-7(10(6)8)11(14)15/h1-5H,(H,14,15). The number of carboxylic acid groups (broad SMARTS) is 1. The fraction of sp³-hybridized carbons (Fsp3) is 0. The Morgan fingerprint density at radius 2 is 2.00 bits per heavy atom. The van der Waals surface area contributed by atoms with Gasteiger partial charge in [-0.2, -0.15) is 0 Å². The van der Waals surface area contributed by atoms with Gasteiger partial charge >= 0.3 is 5.97 Å². The monoisotopic (exact) mass is 268 g/mol. The third-order valence-electron chi connectivity index (χ3n) is 2.17. The minimum atomic E-state index is -1.06. The van der Waals surface area contributed by atoms with Gasteiger partial charge in [-0.15, -0.1) is 0 Å². The molecule has 76 valence electrons. The number of carboxylic acids is 1. The van der Waals surface area contributed by atoms with Crippen molar-refractivity contribution in [3.63, 3.8) is 0 Å². The van der Waals surface area contributed by atoms with Crippen molar-refractivity contribution in [2.45, 2.75) is 0 Å². The summed E-state index contributed by atoms with van der Waals surface area (Å²) in [5.41, 5.74) is 0.0962. The molecule has 2 aromatic carbocycles. The van der Waals surface area contributed by atoms with Gasteiger partial charge in [0.1, 0.15) is 5.82 Å². The van der Waals surface area contributed by atoms with E-state index in [1.165, 1.54) is 6.07 Å². The lowest BCUT2D eigenvalue weighted by Crippen LogP contribution is -1.98. The maximum absolute atomic E-state index is 13.4. The number of halogens is 2. The second kappa shape index (κ2) is 3.62. The van der Waals surface area contributed by atoms with Crippen LogP contribution < -0.4 is 0 Å². The highest BCUT2D eigenvalue weighted by Gasteiger charge is 2.13. The molecule has 0 amide bonds. The second-order valence-corrected chi connectivity index (χ2v) is 3.92. The van der Waals surface area contributed by atoms with Crippen LogP contribution in [0.15, 0.2) is 34.8 Å². The van der Waals surface area contributed by atoms with E-state index in [1.54, 1.807) is 18.2 Å². The molecule has 0 unspecified atom stereocenters. The van der Waals surface area contributed by atoms with Crippen LogP contribution in [0, 0.1) is 5.82 Å². The number of aromatic carboxylic acids is 1. The molecule has 0 aliphatic rings. The molecule has 0 spiro atoms. The fourth-order valence-electron chi connectivity index (χ4n) is 1.50. The third kappa shape index (κ3) is 1.61. The zero-order valence-electron chi connectivity index (χ0n) is 7.50. The Balaban J connectivity index is 2.96. The lowest BCUT2D eigenvalue weighted by atomic mass is 10.0. The van der Waals surface area contributed by atoms with Crippen LogP contribution in [0.2, 0.25) is 0 Å². The van der Waals surface area contributed by atoms with Crippen molar-refractivity contribution in [3.8, 4) is 0 Å². The predicted octanol–water partition coefficient (Wildman–Crippen LogP) is 3.44. The number of rotatable bonds is 1. The molecule has 0 radical (unpaired) electrons. The van der Waals surface area contributed by atoms with Crippen molar-refractivity contribution in [2.75, 3.05) is 0 Å². The van der Waals surface area contributed by atoms with E-state index in [0.717, 1.165) is 6.07 Å². The van der Waals surface area contributed by atoms with E-state index in [-0.39, 0.29) is 5.56 Å². The van der Waals surface area contributed by atoms with Crippen LogP contribution in [-0.4, -0.2) is 11.1 Å². The van der Waals surface area contributed by atoms with Gasteiger partial charge in [0.15, 0.2) is 0 Å². The van der Waals surface area contributed by atoms with Gasteiger partial charge in [-0.3, -0.25) is 0 Å². The number of fused-ring (bicyclic) bond motifs is 1. The average molecular weight is 269 g/mol. The summed E-state index contributed by atoms with van der Waals surface area (Å²) in [6.07, 6.45) is 0. The Bertz CT molecular complexity index is 552. The summed E-state index contributed by atoms with van der Waals surface area (Å²) in [5.74, 6) is -1.48. The molecule has 0 aliphatic heterocycles. The molecule has 0 bridgehead atoms. The van der Waals surface area contributed by atoms with E-state index >= 15 is 0 Å². The topological polar surface area (TPSA) is 37.3 Å². The van der Waals surface area contributed by atoms with Crippen LogP contribution >= 0.6 is 15.9 Å². The number of hydrogen-bond donors (Lipinski definition) is 1. The van der Waals surface area contributed by atoms with Crippen LogP contribution in [0.1, 0.15) is 10.4 Å². The van der Waals surface area contributed by atoms with Crippen molar-refractivity contribution < 1.29 is 14.3 Å². The van der Waals surface area contributed by atoms with Gasteiger partial charge in [-0.25, -0.2) is 9.18 Å². The van der Waals surface area contributed by atoms with Crippen molar-refractivity contribution >= 4 is 32.7 Å². The molecule has 0 atom stereocenters. The fourth-order valence-corrected chi connectivity index (χ4v) is 2.08. The van der Waals surface area contributed by atoms with Gasteiger partial charge in [0.2, 0.25) is 0 Å². The summed E-state index contributed by atoms with van der Waals surface area (Å²) in [7, 11) is 0. The Morgan fingerprint density at radius 1 is 1.27 bits per heavy atom. The molecule has 0 saturated carbocycles. The van der Waals surface area contributed by atoms with E-state index in [2.05, 4.69) is 15.9 Å². The van der Waals surface area contributed by atoms with Crippen LogP contribution in [-0.2, 0) is 0 Å². The highest BCUT2D eigenvalue weighted by atomic mass is 79.9. The molecule has 2 aromatic rings. The first-order chi connectivity index (χ1) is 7.11. The first-order valence-corrected chi connectivity index (χ1v) is 5.00. The van der Waals surface area contributed by atoms with E-state index in [1.807, 2.05) is 0 Å². The SMILES string of the molecule is O=C(O)c1ccc(F)c2cccc(Br)c12. The Kier molecular flexibility index (Phi) is 2.44. The van der Waals surface area contributed by atoms with Gasteiger partial charge in [0.25, 0.3) is 0 Å². The molecule has 4 heteroatoms. The normalized spacial score (nSPS) is 10.5. The van der Waals surface area contributed by atoms with Gasteiger partial charge in [0.05, 0.1) is 5.56 Å². The van der Waals surface area contributed by atoms with Crippen LogP contribution in [0.5, 0.6) is 0 Å². The maximum Gasteiger partial charge on any atom is 0.336 e. The average Bonchev–Trinajstić information content (AvgIpc) is 2.19. The van der Waals surface area contributed by atoms with Gasteiger partial charge in [0, 0.05) is 15.2 Å². The molecule has 2 nitrogen and oxygen atoms in total. The van der Waals surface area contributed by atoms with Crippen molar-refractivity contribution in [1.82, 2.24) is 0 Å². The summed E-state index contributed by atoms with van der Waals surface area (Å²) in [5, 5.41) is 9.66. The minimum Gasteiger partial charge on any atom is -0.478 e. The van der Waals surface area contributed by atoms with Crippen LogP contribution in [0.4, 0.5) is 4.39 Å². The largest absolute Gasteiger partial charge is 0.478 e. The Morgan fingerprint density at radius 3 is 2.67 bits per heavy atom. The highest BCUT2D eigenvalue weighted by Crippen LogP contribution is 2.29. The Labute approximate surface area is 93.5 Å². The third-order valence-corrected chi connectivity index (χ3v) is 2.83. The van der Waals surface area contributed by atoms with Crippen molar-refractivity contribution in [3.05, 3.63) is 46.2 Å². The molecular formula is C11H6BrFO2. The quantitative estimate of drug-likeness (QED) is 0.861. The molecule has 15 heavy (non-hydrogen) atoms. The van der Waals surface area contributed by atoms with Crippen LogP contribution in [0.25, 0.3) is 10.8 Å². The zero-order valence-corrected chi connectivity index (χ0v) is 9.08. The number of benzene rings is 2. The molecular weight excluding hydrogens is 263 g/mol.